The van der Waals surface area contributed by atoms with Gasteiger partial charge in [-0.3, -0.25) is 4.79 Å². The minimum Gasteiger partial charge on any atom is -0.325 e. The van der Waals surface area contributed by atoms with Crippen LogP contribution in [0.3, 0.4) is 0 Å². The summed E-state index contributed by atoms with van der Waals surface area (Å²) in [5.74, 6) is -0.936. The van der Waals surface area contributed by atoms with Crippen LogP contribution in [-0.4, -0.2) is 25.8 Å². The molecule has 0 aromatic heterocycles. The maximum absolute atomic E-state index is 11.9. The van der Waals surface area contributed by atoms with Gasteiger partial charge in [0.05, 0.1) is 5.75 Å². The van der Waals surface area contributed by atoms with Crippen LogP contribution in [0.25, 0.3) is 0 Å². The fourth-order valence-electron chi connectivity index (χ4n) is 2.43. The van der Waals surface area contributed by atoms with Gasteiger partial charge in [0.2, 0.25) is 5.91 Å². The molecule has 0 spiro atoms. The average molecular weight is 378 g/mol. The Kier molecular flexibility index (Phi) is 6.67. The summed E-state index contributed by atoms with van der Waals surface area (Å²) in [5, 5.41) is 2.64. The third-order valence-electron chi connectivity index (χ3n) is 3.56. The number of aryl methyl sites for hydroxylation is 2. The van der Waals surface area contributed by atoms with Crippen molar-refractivity contribution < 1.29 is 13.2 Å². The van der Waals surface area contributed by atoms with Gasteiger partial charge in [-0.2, -0.15) is 0 Å². The van der Waals surface area contributed by atoms with Crippen LogP contribution in [-0.2, 0) is 14.6 Å². The van der Waals surface area contributed by atoms with E-state index in [1.807, 2.05) is 12.1 Å². The molecule has 0 fully saturated rings. The molecule has 0 bridgehead atoms. The van der Waals surface area contributed by atoms with Crippen LogP contribution in [0.2, 0.25) is 0 Å². The number of anilines is 1. The van der Waals surface area contributed by atoms with Crippen molar-refractivity contribution in [2.75, 3.05) is 16.8 Å². The molecule has 0 aliphatic heterocycles. The van der Waals surface area contributed by atoms with Crippen molar-refractivity contribution >= 4 is 33.2 Å². The molecule has 0 aliphatic carbocycles. The van der Waals surface area contributed by atoms with E-state index in [1.54, 1.807) is 30.8 Å². The van der Waals surface area contributed by atoms with Crippen molar-refractivity contribution in [2.24, 2.45) is 0 Å². The van der Waals surface area contributed by atoms with E-state index >= 15 is 0 Å². The highest BCUT2D eigenvalue weighted by Gasteiger charge is 2.15. The second kappa shape index (κ2) is 8.54. The summed E-state index contributed by atoms with van der Waals surface area (Å²) >= 11 is 1.66. The molecule has 0 aliphatic rings. The predicted molar refractivity (Wildman–Crippen MR) is 104 cm³/mol. The van der Waals surface area contributed by atoms with Crippen LogP contribution in [0.5, 0.6) is 0 Å². The van der Waals surface area contributed by atoms with Crippen molar-refractivity contribution in [3.63, 3.8) is 0 Å². The fourth-order valence-corrected chi connectivity index (χ4v) is 4.55. The summed E-state index contributed by atoms with van der Waals surface area (Å²) in [5.41, 5.74) is 3.06. The van der Waals surface area contributed by atoms with Crippen LogP contribution in [0.15, 0.2) is 52.3 Å². The summed E-state index contributed by atoms with van der Waals surface area (Å²) in [6, 6.07) is 13.7. The van der Waals surface area contributed by atoms with E-state index in [2.05, 4.69) is 37.4 Å². The zero-order valence-corrected chi connectivity index (χ0v) is 16.3. The molecule has 0 atom stereocenters. The van der Waals surface area contributed by atoms with Crippen LogP contribution in [0.4, 0.5) is 5.69 Å². The quantitative estimate of drug-likeness (QED) is 0.785. The molecular weight excluding hydrogens is 354 g/mol. The van der Waals surface area contributed by atoms with E-state index in [0.717, 1.165) is 4.90 Å². The molecule has 0 saturated carbocycles. The first kappa shape index (κ1) is 19.5. The standard InChI is InChI=1S/C19H23NO3S2/c1-4-11-25(22,23)13-19(21)20-16-6-8-17(9-7-16)24-18-10-5-14(2)12-15(18)3/h5-10,12H,4,11,13H2,1-3H3,(H,20,21). The van der Waals surface area contributed by atoms with E-state index < -0.39 is 21.5 Å². The summed E-state index contributed by atoms with van der Waals surface area (Å²) in [7, 11) is -3.32. The minimum absolute atomic E-state index is 0.0336. The summed E-state index contributed by atoms with van der Waals surface area (Å²) in [4.78, 5) is 14.1. The lowest BCUT2D eigenvalue weighted by Crippen LogP contribution is -2.24. The molecule has 0 heterocycles. The first-order valence-corrected chi connectivity index (χ1v) is 10.8. The van der Waals surface area contributed by atoms with Crippen LogP contribution >= 0.6 is 11.8 Å². The summed E-state index contributed by atoms with van der Waals surface area (Å²) in [6.07, 6.45) is 0.514. The first-order valence-electron chi connectivity index (χ1n) is 8.14. The van der Waals surface area contributed by atoms with Gasteiger partial charge in [0.1, 0.15) is 5.75 Å². The number of sulfone groups is 1. The number of benzene rings is 2. The molecule has 134 valence electrons. The van der Waals surface area contributed by atoms with Gasteiger partial charge in [-0.05, 0) is 56.2 Å². The molecule has 6 heteroatoms. The molecular formula is C19H23NO3S2. The number of carbonyl (C=O) groups excluding carboxylic acids is 1. The molecule has 1 N–H and O–H groups in total. The van der Waals surface area contributed by atoms with Crippen LogP contribution in [0.1, 0.15) is 24.5 Å². The summed E-state index contributed by atoms with van der Waals surface area (Å²) in [6.45, 7) is 5.93. The fraction of sp³-hybridized carbons (Fsp3) is 0.316. The van der Waals surface area contributed by atoms with Gasteiger partial charge >= 0.3 is 0 Å². The van der Waals surface area contributed by atoms with Gasteiger partial charge in [0, 0.05) is 15.5 Å². The number of hydrogen-bond donors (Lipinski definition) is 1. The smallest absolute Gasteiger partial charge is 0.239 e. The first-order chi connectivity index (χ1) is 11.8. The predicted octanol–water partition coefficient (Wildman–Crippen LogP) is 4.22. The lowest BCUT2D eigenvalue weighted by molar-refractivity contribution is -0.113. The topological polar surface area (TPSA) is 63.2 Å². The monoisotopic (exact) mass is 377 g/mol. The zero-order chi connectivity index (χ0) is 18.4. The largest absolute Gasteiger partial charge is 0.325 e. The average Bonchev–Trinajstić information content (AvgIpc) is 2.51. The number of nitrogens with one attached hydrogen (secondary N) is 1. The molecule has 4 nitrogen and oxygen atoms in total. The number of rotatable bonds is 7. The van der Waals surface area contributed by atoms with Crippen molar-refractivity contribution in [3.05, 3.63) is 53.6 Å². The van der Waals surface area contributed by atoms with Gasteiger partial charge in [0.15, 0.2) is 9.84 Å². The SMILES string of the molecule is CCCS(=O)(=O)CC(=O)Nc1ccc(Sc2ccc(C)cc2C)cc1. The summed E-state index contributed by atoms with van der Waals surface area (Å²) < 4.78 is 23.4. The lowest BCUT2D eigenvalue weighted by atomic mass is 10.2. The lowest BCUT2D eigenvalue weighted by Gasteiger charge is -2.09. The number of carbonyl (C=O) groups is 1. The molecule has 2 aromatic carbocycles. The maximum atomic E-state index is 11.9. The Balaban J connectivity index is 1.99. The number of amides is 1. The second-order valence-electron chi connectivity index (χ2n) is 6.04. The van der Waals surface area contributed by atoms with E-state index in [9.17, 15) is 13.2 Å². The molecule has 0 saturated heterocycles. The highest BCUT2D eigenvalue weighted by molar-refractivity contribution is 7.99. The third kappa shape index (κ3) is 6.21. The van der Waals surface area contributed by atoms with Gasteiger partial charge in [-0.1, -0.05) is 36.4 Å². The van der Waals surface area contributed by atoms with Crippen molar-refractivity contribution in [1.29, 1.82) is 0 Å². The van der Waals surface area contributed by atoms with E-state index in [4.69, 9.17) is 0 Å². The Hall–Kier alpha value is -1.79. The van der Waals surface area contributed by atoms with Gasteiger partial charge in [-0.15, -0.1) is 0 Å². The maximum Gasteiger partial charge on any atom is 0.239 e. The number of hydrogen-bond acceptors (Lipinski definition) is 4. The van der Waals surface area contributed by atoms with E-state index in [0.29, 0.717) is 12.1 Å². The highest BCUT2D eigenvalue weighted by Crippen LogP contribution is 2.31. The van der Waals surface area contributed by atoms with Crippen LogP contribution < -0.4 is 5.32 Å². The van der Waals surface area contributed by atoms with E-state index in [-0.39, 0.29) is 5.75 Å². The Morgan fingerprint density at radius 2 is 1.76 bits per heavy atom. The van der Waals surface area contributed by atoms with Gasteiger partial charge in [-0.25, -0.2) is 8.42 Å². The van der Waals surface area contributed by atoms with Crippen LogP contribution in [0, 0.1) is 13.8 Å². The molecule has 0 unspecified atom stereocenters. The molecule has 25 heavy (non-hydrogen) atoms. The minimum atomic E-state index is -3.32. The Bertz CT molecular complexity index is 843. The second-order valence-corrected chi connectivity index (χ2v) is 9.34. The van der Waals surface area contributed by atoms with Gasteiger partial charge < -0.3 is 5.32 Å². The Labute approximate surface area is 154 Å². The molecule has 1 amide bonds. The third-order valence-corrected chi connectivity index (χ3v) is 6.48. The highest BCUT2D eigenvalue weighted by atomic mass is 32.2. The molecule has 0 radical (unpaired) electrons. The normalized spacial score (nSPS) is 11.3. The Morgan fingerprint density at radius 1 is 1.08 bits per heavy atom. The van der Waals surface area contributed by atoms with E-state index in [1.165, 1.54) is 16.0 Å². The van der Waals surface area contributed by atoms with Crippen molar-refractivity contribution in [1.82, 2.24) is 0 Å². The van der Waals surface area contributed by atoms with Crippen molar-refractivity contribution in [2.45, 2.75) is 37.0 Å². The Morgan fingerprint density at radius 3 is 2.36 bits per heavy atom. The van der Waals surface area contributed by atoms with Crippen molar-refractivity contribution in [3.8, 4) is 0 Å². The zero-order valence-electron chi connectivity index (χ0n) is 14.7. The van der Waals surface area contributed by atoms with Gasteiger partial charge in [0.25, 0.3) is 0 Å². The molecule has 2 aromatic rings. The molecule has 2 rings (SSSR count).